The van der Waals surface area contributed by atoms with Gasteiger partial charge in [0.25, 0.3) is 0 Å². The average Bonchev–Trinajstić information content (AvgIpc) is 2.43. The highest BCUT2D eigenvalue weighted by Gasteiger charge is 2.15. The molecule has 1 aromatic rings. The first-order chi connectivity index (χ1) is 6.16. The lowest BCUT2D eigenvalue weighted by Crippen LogP contribution is -2.07. The molecule has 0 fully saturated rings. The lowest BCUT2D eigenvalue weighted by molar-refractivity contribution is 0.0691. The summed E-state index contributed by atoms with van der Waals surface area (Å²) in [7, 11) is 1.53. The van der Waals surface area contributed by atoms with Gasteiger partial charge >= 0.3 is 5.97 Å². The number of aromatic nitrogens is 2. The first-order valence-electron chi connectivity index (χ1n) is 3.61. The largest absolute Gasteiger partial charge is 0.477 e. The third-order valence-electron chi connectivity index (χ3n) is 1.43. The van der Waals surface area contributed by atoms with Crippen LogP contribution in [-0.4, -0.2) is 34.1 Å². The van der Waals surface area contributed by atoms with E-state index in [9.17, 15) is 9.18 Å². The van der Waals surface area contributed by atoms with E-state index in [0.717, 1.165) is 6.20 Å². The van der Waals surface area contributed by atoms with Crippen LogP contribution in [0.5, 0.6) is 5.88 Å². The smallest absolute Gasteiger partial charge is 0.342 e. The summed E-state index contributed by atoms with van der Waals surface area (Å²) in [6.07, 6.45) is 1.16. The summed E-state index contributed by atoms with van der Waals surface area (Å²) in [5.41, 5.74) is -0.0593. The Morgan fingerprint density at radius 1 is 1.85 bits per heavy atom. The Morgan fingerprint density at radius 2 is 2.54 bits per heavy atom. The Kier molecular flexibility index (Phi) is 2.84. The molecule has 1 N–H and O–H groups in total. The minimum atomic E-state index is -1.14. The van der Waals surface area contributed by atoms with Gasteiger partial charge in [-0.2, -0.15) is 5.10 Å². The second-order valence-corrected chi connectivity index (χ2v) is 2.33. The van der Waals surface area contributed by atoms with Crippen LogP contribution in [0.3, 0.4) is 0 Å². The van der Waals surface area contributed by atoms with Gasteiger partial charge < -0.3 is 9.84 Å². The van der Waals surface area contributed by atoms with Crippen molar-refractivity contribution in [3.8, 4) is 5.88 Å². The highest BCUT2D eigenvalue weighted by molar-refractivity contribution is 5.89. The zero-order valence-corrected chi connectivity index (χ0v) is 7.03. The van der Waals surface area contributed by atoms with Crippen LogP contribution in [-0.2, 0) is 7.05 Å². The van der Waals surface area contributed by atoms with Gasteiger partial charge in [-0.05, 0) is 0 Å². The first kappa shape index (κ1) is 9.50. The van der Waals surface area contributed by atoms with Gasteiger partial charge in [0.05, 0.1) is 6.20 Å². The zero-order chi connectivity index (χ0) is 9.84. The third kappa shape index (κ3) is 1.95. The molecule has 0 spiro atoms. The SMILES string of the molecule is Cn1ncc(C(=O)O)c1OCCF. The van der Waals surface area contributed by atoms with E-state index < -0.39 is 12.6 Å². The predicted octanol–water partition coefficient (Wildman–Crippen LogP) is 0.467. The van der Waals surface area contributed by atoms with Gasteiger partial charge in [0, 0.05) is 7.05 Å². The van der Waals surface area contributed by atoms with Crippen molar-refractivity contribution in [1.82, 2.24) is 9.78 Å². The van der Waals surface area contributed by atoms with E-state index in [2.05, 4.69) is 5.10 Å². The van der Waals surface area contributed by atoms with Crippen molar-refractivity contribution in [2.75, 3.05) is 13.3 Å². The fourth-order valence-electron chi connectivity index (χ4n) is 0.879. The zero-order valence-electron chi connectivity index (χ0n) is 7.03. The highest BCUT2D eigenvalue weighted by Crippen LogP contribution is 2.16. The summed E-state index contributed by atoms with van der Waals surface area (Å²) in [4.78, 5) is 10.6. The van der Waals surface area contributed by atoms with E-state index in [1.54, 1.807) is 0 Å². The van der Waals surface area contributed by atoms with Gasteiger partial charge in [-0.25, -0.2) is 13.9 Å². The Labute approximate surface area is 73.7 Å². The third-order valence-corrected chi connectivity index (χ3v) is 1.43. The van der Waals surface area contributed by atoms with E-state index in [4.69, 9.17) is 9.84 Å². The molecular formula is C7H9FN2O3. The number of aromatic carboxylic acids is 1. The van der Waals surface area contributed by atoms with E-state index in [-0.39, 0.29) is 18.1 Å². The van der Waals surface area contributed by atoms with Crippen LogP contribution in [0.4, 0.5) is 4.39 Å². The summed E-state index contributed by atoms with van der Waals surface area (Å²) >= 11 is 0. The normalized spacial score (nSPS) is 10.0. The number of halogens is 1. The van der Waals surface area contributed by atoms with Crippen molar-refractivity contribution < 1.29 is 19.0 Å². The maximum atomic E-state index is 11.7. The van der Waals surface area contributed by atoms with Crippen LogP contribution in [0, 0.1) is 0 Å². The van der Waals surface area contributed by atoms with Crippen LogP contribution >= 0.6 is 0 Å². The molecule has 0 amide bonds. The van der Waals surface area contributed by atoms with Crippen molar-refractivity contribution in [2.45, 2.75) is 0 Å². The number of hydrogen-bond acceptors (Lipinski definition) is 3. The molecule has 0 bridgehead atoms. The van der Waals surface area contributed by atoms with Crippen molar-refractivity contribution >= 4 is 5.97 Å². The fraction of sp³-hybridized carbons (Fsp3) is 0.429. The van der Waals surface area contributed by atoms with Crippen LogP contribution < -0.4 is 4.74 Å². The van der Waals surface area contributed by atoms with E-state index in [1.165, 1.54) is 11.7 Å². The molecule has 1 aromatic heterocycles. The van der Waals surface area contributed by atoms with Crippen molar-refractivity contribution in [2.24, 2.45) is 7.05 Å². The number of alkyl halides is 1. The number of ether oxygens (including phenoxy) is 1. The molecule has 0 saturated heterocycles. The molecule has 1 rings (SSSR count). The molecule has 0 radical (unpaired) electrons. The molecule has 72 valence electrons. The van der Waals surface area contributed by atoms with Gasteiger partial charge in [-0.1, -0.05) is 0 Å². The molecule has 0 aliphatic rings. The van der Waals surface area contributed by atoms with E-state index >= 15 is 0 Å². The number of hydrogen-bond donors (Lipinski definition) is 1. The molecule has 0 aliphatic heterocycles. The molecular weight excluding hydrogens is 179 g/mol. The molecule has 0 aliphatic carbocycles. The number of rotatable bonds is 4. The molecule has 0 unspecified atom stereocenters. The second kappa shape index (κ2) is 3.88. The molecule has 6 heteroatoms. The summed E-state index contributed by atoms with van der Waals surface area (Å²) in [6, 6.07) is 0. The van der Waals surface area contributed by atoms with Crippen molar-refractivity contribution in [1.29, 1.82) is 0 Å². The molecule has 5 nitrogen and oxygen atoms in total. The van der Waals surface area contributed by atoms with Gasteiger partial charge in [0.15, 0.2) is 0 Å². The topological polar surface area (TPSA) is 64.4 Å². The first-order valence-corrected chi connectivity index (χ1v) is 3.61. The number of carbonyl (C=O) groups is 1. The van der Waals surface area contributed by atoms with Crippen molar-refractivity contribution in [3.05, 3.63) is 11.8 Å². The molecule has 0 atom stereocenters. The number of nitrogens with zero attached hydrogens (tertiary/aromatic N) is 2. The fourth-order valence-corrected chi connectivity index (χ4v) is 0.879. The van der Waals surface area contributed by atoms with Crippen LogP contribution in [0.1, 0.15) is 10.4 Å². The monoisotopic (exact) mass is 188 g/mol. The quantitative estimate of drug-likeness (QED) is 0.745. The summed E-state index contributed by atoms with van der Waals surface area (Å²) in [5.74, 6) is -1.06. The van der Waals surface area contributed by atoms with Crippen molar-refractivity contribution in [3.63, 3.8) is 0 Å². The Bertz CT molecular complexity index is 311. The van der Waals surface area contributed by atoms with Gasteiger partial charge in [-0.15, -0.1) is 0 Å². The number of aryl methyl sites for hydroxylation is 1. The predicted molar refractivity (Wildman–Crippen MR) is 41.6 cm³/mol. The Morgan fingerprint density at radius 3 is 3.08 bits per heavy atom. The molecule has 0 aromatic carbocycles. The van der Waals surface area contributed by atoms with E-state index in [0.29, 0.717) is 0 Å². The molecule has 0 saturated carbocycles. The highest BCUT2D eigenvalue weighted by atomic mass is 19.1. The number of carboxylic acids is 1. The maximum Gasteiger partial charge on any atom is 0.342 e. The van der Waals surface area contributed by atoms with Gasteiger partial charge in [0.2, 0.25) is 5.88 Å². The minimum absolute atomic E-state index is 0.0593. The Hall–Kier alpha value is -1.59. The molecule has 13 heavy (non-hydrogen) atoms. The Balaban J connectivity index is 2.88. The average molecular weight is 188 g/mol. The second-order valence-electron chi connectivity index (χ2n) is 2.33. The summed E-state index contributed by atoms with van der Waals surface area (Å²) in [5, 5.41) is 12.3. The van der Waals surface area contributed by atoms with Gasteiger partial charge in [0.1, 0.15) is 18.8 Å². The summed E-state index contributed by atoms with van der Waals surface area (Å²) < 4.78 is 17.9. The van der Waals surface area contributed by atoms with Crippen LogP contribution in [0.15, 0.2) is 6.20 Å². The minimum Gasteiger partial charge on any atom is -0.477 e. The standard InChI is InChI=1S/C7H9FN2O3/c1-10-6(13-3-2-8)5(4-9-10)7(11)12/h4H,2-3H2,1H3,(H,11,12). The van der Waals surface area contributed by atoms with E-state index in [1.807, 2.05) is 0 Å². The lowest BCUT2D eigenvalue weighted by Gasteiger charge is -2.03. The number of carboxylic acid groups (broad SMARTS) is 1. The van der Waals surface area contributed by atoms with Gasteiger partial charge in [-0.3, -0.25) is 0 Å². The summed E-state index contributed by atoms with van der Waals surface area (Å²) in [6.45, 7) is -0.829. The maximum absolute atomic E-state index is 11.7. The molecule has 1 heterocycles. The van der Waals surface area contributed by atoms with Crippen LogP contribution in [0.2, 0.25) is 0 Å². The lowest BCUT2D eigenvalue weighted by atomic mass is 10.3. The van der Waals surface area contributed by atoms with Crippen LogP contribution in [0.25, 0.3) is 0 Å².